The lowest BCUT2D eigenvalue weighted by atomic mass is 9.98. The zero-order valence-corrected chi connectivity index (χ0v) is 20.9. The number of hydrogen-bond donors (Lipinski definition) is 2. The molecule has 0 aromatic heterocycles. The van der Waals surface area contributed by atoms with Gasteiger partial charge in [-0.3, -0.25) is 4.79 Å². The number of ether oxygens (including phenoxy) is 1. The molecule has 0 unspecified atom stereocenters. The van der Waals surface area contributed by atoms with Crippen LogP contribution < -0.4 is 20.3 Å². The van der Waals surface area contributed by atoms with E-state index in [9.17, 15) is 9.18 Å². The van der Waals surface area contributed by atoms with Crippen LogP contribution in [0.15, 0.2) is 60.7 Å². The molecule has 3 aromatic carbocycles. The number of nitrogens with one attached hydrogen (secondary N) is 2. The summed E-state index contributed by atoms with van der Waals surface area (Å²) in [5.74, 6) is -0.0733. The maximum Gasteiger partial charge on any atom is 0.256 e. The number of methoxy groups -OCH3 is 1. The van der Waals surface area contributed by atoms with Crippen LogP contribution in [0.3, 0.4) is 0 Å². The molecule has 7 heteroatoms. The standard InChI is InChI=1S/C29H31FN4O2/c1-19-17-21(34-15-13-33(2)14-16-34)8-10-25(19)31-12-11-22-23-18-20(7-9-26(23)32-29(22)35)28-24(30)5-4-6-27(28)36-3/h4-11,17-18,31H,12-16H2,1-3H3,(H,32,35)/b22-11-. The Balaban J connectivity index is 1.34. The molecule has 2 N–H and O–H groups in total. The number of piperazine rings is 1. The molecule has 0 aliphatic carbocycles. The van der Waals surface area contributed by atoms with Gasteiger partial charge in [-0.05, 0) is 67.6 Å². The molecule has 1 amide bonds. The first kappa shape index (κ1) is 23.9. The van der Waals surface area contributed by atoms with Crippen LogP contribution >= 0.6 is 0 Å². The summed E-state index contributed by atoms with van der Waals surface area (Å²) in [5, 5.41) is 6.35. The lowest BCUT2D eigenvalue weighted by Gasteiger charge is -2.34. The van der Waals surface area contributed by atoms with E-state index in [1.54, 1.807) is 18.2 Å². The van der Waals surface area contributed by atoms with Crippen LogP contribution in [0.4, 0.5) is 21.5 Å². The normalized spacial score (nSPS) is 16.7. The average Bonchev–Trinajstić information content (AvgIpc) is 3.19. The van der Waals surface area contributed by atoms with E-state index in [4.69, 9.17) is 4.74 Å². The Morgan fingerprint density at radius 3 is 2.64 bits per heavy atom. The Hall–Kier alpha value is -3.84. The molecule has 36 heavy (non-hydrogen) atoms. The molecule has 2 heterocycles. The molecule has 6 nitrogen and oxygen atoms in total. The molecule has 5 rings (SSSR count). The van der Waals surface area contributed by atoms with Gasteiger partial charge in [-0.2, -0.15) is 0 Å². The first-order chi connectivity index (χ1) is 17.4. The summed E-state index contributed by atoms with van der Waals surface area (Å²) >= 11 is 0. The maximum absolute atomic E-state index is 14.6. The fraction of sp³-hybridized carbons (Fsp3) is 0.276. The van der Waals surface area contributed by atoms with Crippen molar-refractivity contribution in [2.45, 2.75) is 6.92 Å². The van der Waals surface area contributed by atoms with Crippen molar-refractivity contribution in [2.75, 3.05) is 62.4 Å². The second-order valence-corrected chi connectivity index (χ2v) is 9.32. The van der Waals surface area contributed by atoms with Crippen molar-refractivity contribution in [1.29, 1.82) is 0 Å². The summed E-state index contributed by atoms with van der Waals surface area (Å²) in [5.41, 5.74) is 6.53. The van der Waals surface area contributed by atoms with Crippen LogP contribution in [-0.2, 0) is 4.79 Å². The quantitative estimate of drug-likeness (QED) is 0.480. The van der Waals surface area contributed by atoms with E-state index in [0.717, 1.165) is 48.7 Å². The van der Waals surface area contributed by atoms with Gasteiger partial charge in [0, 0.05) is 60.9 Å². The minimum atomic E-state index is -0.366. The third kappa shape index (κ3) is 4.66. The van der Waals surface area contributed by atoms with Crippen LogP contribution in [0, 0.1) is 12.7 Å². The van der Waals surface area contributed by atoms with Gasteiger partial charge < -0.3 is 25.2 Å². The van der Waals surface area contributed by atoms with E-state index in [-0.39, 0.29) is 11.7 Å². The molecule has 2 aliphatic rings. The van der Waals surface area contributed by atoms with Crippen molar-refractivity contribution in [3.63, 3.8) is 0 Å². The Kier molecular flexibility index (Phi) is 6.65. The predicted molar refractivity (Wildman–Crippen MR) is 144 cm³/mol. The number of rotatable bonds is 6. The zero-order valence-electron chi connectivity index (χ0n) is 20.9. The molecule has 1 saturated heterocycles. The molecule has 0 saturated carbocycles. The topological polar surface area (TPSA) is 56.8 Å². The van der Waals surface area contributed by atoms with Gasteiger partial charge in [-0.15, -0.1) is 0 Å². The molecule has 0 atom stereocenters. The van der Waals surface area contributed by atoms with Gasteiger partial charge >= 0.3 is 0 Å². The van der Waals surface area contributed by atoms with E-state index < -0.39 is 0 Å². The van der Waals surface area contributed by atoms with E-state index in [1.165, 1.54) is 18.9 Å². The predicted octanol–water partition coefficient (Wildman–Crippen LogP) is 5.01. The number of fused-ring (bicyclic) bond motifs is 1. The van der Waals surface area contributed by atoms with Crippen LogP contribution in [0.2, 0.25) is 0 Å². The number of amides is 1. The van der Waals surface area contributed by atoms with Gasteiger partial charge in [0.05, 0.1) is 12.7 Å². The lowest BCUT2D eigenvalue weighted by molar-refractivity contribution is -0.110. The van der Waals surface area contributed by atoms with E-state index >= 15 is 0 Å². The Morgan fingerprint density at radius 1 is 1.08 bits per heavy atom. The number of anilines is 3. The van der Waals surface area contributed by atoms with Crippen LogP contribution in [0.25, 0.3) is 16.7 Å². The monoisotopic (exact) mass is 486 g/mol. The average molecular weight is 487 g/mol. The summed E-state index contributed by atoms with van der Waals surface area (Å²) in [6, 6.07) is 16.7. The summed E-state index contributed by atoms with van der Waals surface area (Å²) < 4.78 is 20.0. The minimum absolute atomic E-state index is 0.161. The third-order valence-electron chi connectivity index (χ3n) is 6.96. The molecular weight excluding hydrogens is 455 g/mol. The Labute approximate surface area is 211 Å². The molecule has 0 radical (unpaired) electrons. The molecule has 186 valence electrons. The summed E-state index contributed by atoms with van der Waals surface area (Å²) in [6.45, 7) is 6.79. The Bertz CT molecular complexity index is 1330. The highest BCUT2D eigenvalue weighted by Crippen LogP contribution is 2.39. The number of hydrogen-bond acceptors (Lipinski definition) is 5. The lowest BCUT2D eigenvalue weighted by Crippen LogP contribution is -2.44. The molecule has 1 fully saturated rings. The number of carbonyl (C=O) groups excluding carboxylic acids is 1. The maximum atomic E-state index is 14.6. The van der Waals surface area contributed by atoms with Crippen molar-refractivity contribution in [1.82, 2.24) is 4.90 Å². The molecule has 0 spiro atoms. The van der Waals surface area contributed by atoms with Crippen molar-refractivity contribution in [3.8, 4) is 16.9 Å². The smallest absolute Gasteiger partial charge is 0.256 e. The van der Waals surface area contributed by atoms with Gasteiger partial charge in [0.25, 0.3) is 5.91 Å². The van der Waals surface area contributed by atoms with E-state index in [2.05, 4.69) is 52.6 Å². The van der Waals surface area contributed by atoms with Crippen LogP contribution in [0.1, 0.15) is 11.1 Å². The molecule has 2 aliphatic heterocycles. The summed E-state index contributed by atoms with van der Waals surface area (Å²) in [4.78, 5) is 17.5. The van der Waals surface area contributed by atoms with Crippen LogP contribution in [0.5, 0.6) is 5.75 Å². The Morgan fingerprint density at radius 2 is 1.89 bits per heavy atom. The largest absolute Gasteiger partial charge is 0.496 e. The van der Waals surface area contributed by atoms with E-state index in [0.29, 0.717) is 29.0 Å². The van der Waals surface area contributed by atoms with Gasteiger partial charge in [0.2, 0.25) is 0 Å². The highest BCUT2D eigenvalue weighted by molar-refractivity contribution is 6.31. The minimum Gasteiger partial charge on any atom is -0.496 e. The highest BCUT2D eigenvalue weighted by atomic mass is 19.1. The first-order valence-corrected chi connectivity index (χ1v) is 12.2. The first-order valence-electron chi connectivity index (χ1n) is 12.2. The second kappa shape index (κ2) is 10.0. The van der Waals surface area contributed by atoms with Crippen molar-refractivity contribution in [3.05, 3.63) is 77.6 Å². The SMILES string of the molecule is COc1cccc(F)c1-c1ccc2c(c1)/C(=C/CNc1ccc(N3CCN(C)CC3)cc1C)C(=O)N2. The number of nitrogens with zero attached hydrogens (tertiary/aromatic N) is 2. The molecule has 0 bridgehead atoms. The number of aryl methyl sites for hydroxylation is 1. The fourth-order valence-electron chi connectivity index (χ4n) is 4.87. The number of carbonyl (C=O) groups is 1. The zero-order chi connectivity index (χ0) is 25.2. The third-order valence-corrected chi connectivity index (χ3v) is 6.96. The summed E-state index contributed by atoms with van der Waals surface area (Å²) in [6.07, 6.45) is 1.89. The van der Waals surface area contributed by atoms with E-state index in [1.807, 2.05) is 18.2 Å². The van der Waals surface area contributed by atoms with Gasteiger partial charge in [0.1, 0.15) is 11.6 Å². The van der Waals surface area contributed by atoms with Crippen molar-refractivity contribution < 1.29 is 13.9 Å². The number of benzene rings is 3. The van der Waals surface area contributed by atoms with Crippen LogP contribution in [-0.4, -0.2) is 57.7 Å². The van der Waals surface area contributed by atoms with Crippen molar-refractivity contribution >= 4 is 28.5 Å². The fourth-order valence-corrected chi connectivity index (χ4v) is 4.87. The molecule has 3 aromatic rings. The van der Waals surface area contributed by atoms with Gasteiger partial charge in [-0.1, -0.05) is 18.2 Å². The number of halogens is 1. The van der Waals surface area contributed by atoms with Gasteiger partial charge in [-0.25, -0.2) is 4.39 Å². The van der Waals surface area contributed by atoms with Crippen molar-refractivity contribution in [2.24, 2.45) is 0 Å². The highest BCUT2D eigenvalue weighted by Gasteiger charge is 2.25. The second-order valence-electron chi connectivity index (χ2n) is 9.32. The summed E-state index contributed by atoms with van der Waals surface area (Å²) in [7, 11) is 3.68. The number of likely N-dealkylation sites (N-methyl/N-ethyl adjacent to an activating group) is 1. The molecular formula is C29H31FN4O2. The van der Waals surface area contributed by atoms with Gasteiger partial charge in [0.15, 0.2) is 0 Å².